The highest BCUT2D eigenvalue weighted by molar-refractivity contribution is 7.86. The van der Waals surface area contributed by atoms with Gasteiger partial charge in [-0.3, -0.25) is 4.55 Å². The van der Waals surface area contributed by atoms with Crippen LogP contribution in [0.15, 0.2) is 41.3 Å². The number of hydrogen-bond acceptors (Lipinski definition) is 3. The van der Waals surface area contributed by atoms with Crippen LogP contribution in [0.4, 0.5) is 5.69 Å². The predicted octanol–water partition coefficient (Wildman–Crippen LogP) is 1.67. The van der Waals surface area contributed by atoms with Crippen molar-refractivity contribution in [2.75, 3.05) is 5.73 Å². The van der Waals surface area contributed by atoms with Crippen LogP contribution in [0, 0.1) is 0 Å². The van der Waals surface area contributed by atoms with Crippen molar-refractivity contribution in [1.29, 1.82) is 0 Å². The molecular formula is C10H9NO3S. The quantitative estimate of drug-likeness (QED) is 0.569. The van der Waals surface area contributed by atoms with Crippen molar-refractivity contribution in [3.05, 3.63) is 36.4 Å². The largest absolute Gasteiger partial charge is 0.398 e. The van der Waals surface area contributed by atoms with E-state index in [0.29, 0.717) is 0 Å². The summed E-state index contributed by atoms with van der Waals surface area (Å²) in [5.41, 5.74) is 5.59. The molecule has 0 bridgehead atoms. The number of hydrogen-bond donors (Lipinski definition) is 2. The van der Waals surface area contributed by atoms with Gasteiger partial charge < -0.3 is 5.73 Å². The fourth-order valence-corrected chi connectivity index (χ4v) is 2.09. The summed E-state index contributed by atoms with van der Waals surface area (Å²) in [6.07, 6.45) is 0. The van der Waals surface area contributed by atoms with Crippen LogP contribution in [0.3, 0.4) is 0 Å². The molecule has 0 saturated heterocycles. The summed E-state index contributed by atoms with van der Waals surface area (Å²) in [5.74, 6) is 0. The maximum absolute atomic E-state index is 11.0. The van der Waals surface area contributed by atoms with Crippen LogP contribution in [-0.4, -0.2) is 13.0 Å². The average molecular weight is 223 g/mol. The molecular weight excluding hydrogens is 214 g/mol. The second-order valence-electron chi connectivity index (χ2n) is 3.21. The SMILES string of the molecule is Nc1cc2ccccc2cc1S(=O)(=O)O. The Labute approximate surface area is 87.1 Å². The predicted molar refractivity (Wildman–Crippen MR) is 58.2 cm³/mol. The van der Waals surface area contributed by atoms with Crippen LogP contribution < -0.4 is 5.73 Å². The van der Waals surface area contributed by atoms with Gasteiger partial charge in [0.1, 0.15) is 4.90 Å². The Kier molecular flexibility index (Phi) is 2.13. The summed E-state index contributed by atoms with van der Waals surface area (Å²) in [5, 5.41) is 1.56. The minimum Gasteiger partial charge on any atom is -0.398 e. The third-order valence-corrected chi connectivity index (χ3v) is 3.07. The van der Waals surface area contributed by atoms with Crippen LogP contribution in [0.25, 0.3) is 10.8 Å². The van der Waals surface area contributed by atoms with Gasteiger partial charge in [-0.1, -0.05) is 24.3 Å². The number of benzene rings is 2. The number of nitrogens with two attached hydrogens (primary N) is 1. The summed E-state index contributed by atoms with van der Waals surface area (Å²) in [6, 6.07) is 10.1. The molecule has 3 N–H and O–H groups in total. The standard InChI is InChI=1S/C10H9NO3S/c11-9-5-7-3-1-2-4-8(7)6-10(9)15(12,13)14/h1-6H,11H2,(H,12,13,14). The highest BCUT2D eigenvalue weighted by Crippen LogP contribution is 2.25. The summed E-state index contributed by atoms with van der Waals surface area (Å²) in [6.45, 7) is 0. The lowest BCUT2D eigenvalue weighted by Crippen LogP contribution is -2.02. The molecule has 0 aromatic heterocycles. The first kappa shape index (κ1) is 9.95. The summed E-state index contributed by atoms with van der Waals surface area (Å²) in [7, 11) is -4.25. The van der Waals surface area contributed by atoms with E-state index in [2.05, 4.69) is 0 Å². The van der Waals surface area contributed by atoms with E-state index in [1.54, 1.807) is 12.1 Å². The zero-order chi connectivity index (χ0) is 11.1. The van der Waals surface area contributed by atoms with Gasteiger partial charge in [0.05, 0.1) is 5.69 Å². The van der Waals surface area contributed by atoms with Gasteiger partial charge in [-0.15, -0.1) is 0 Å². The number of anilines is 1. The third-order valence-electron chi connectivity index (χ3n) is 2.16. The normalized spacial score (nSPS) is 11.8. The zero-order valence-corrected chi connectivity index (χ0v) is 8.53. The lowest BCUT2D eigenvalue weighted by molar-refractivity contribution is 0.484. The van der Waals surface area contributed by atoms with Crippen LogP contribution in [0.2, 0.25) is 0 Å². The summed E-state index contributed by atoms with van der Waals surface area (Å²) in [4.78, 5) is -0.249. The van der Waals surface area contributed by atoms with E-state index < -0.39 is 10.1 Å². The van der Waals surface area contributed by atoms with E-state index in [-0.39, 0.29) is 10.6 Å². The van der Waals surface area contributed by atoms with Crippen LogP contribution in [0.1, 0.15) is 0 Å². The zero-order valence-electron chi connectivity index (χ0n) is 7.71. The van der Waals surface area contributed by atoms with Crippen molar-refractivity contribution in [3.8, 4) is 0 Å². The lowest BCUT2D eigenvalue weighted by Gasteiger charge is -2.04. The minimum atomic E-state index is -4.25. The monoisotopic (exact) mass is 223 g/mol. The average Bonchev–Trinajstić information content (AvgIpc) is 2.15. The molecule has 15 heavy (non-hydrogen) atoms. The topological polar surface area (TPSA) is 80.4 Å². The van der Waals surface area contributed by atoms with Crippen LogP contribution in [0.5, 0.6) is 0 Å². The van der Waals surface area contributed by atoms with Crippen molar-refractivity contribution in [2.24, 2.45) is 0 Å². The first-order valence-corrected chi connectivity index (χ1v) is 5.68. The number of rotatable bonds is 1. The molecule has 0 atom stereocenters. The molecule has 0 aliphatic rings. The fraction of sp³-hybridized carbons (Fsp3) is 0. The second kappa shape index (κ2) is 3.22. The maximum Gasteiger partial charge on any atom is 0.296 e. The Bertz CT molecular complexity index is 620. The van der Waals surface area contributed by atoms with Crippen molar-refractivity contribution < 1.29 is 13.0 Å². The van der Waals surface area contributed by atoms with E-state index in [9.17, 15) is 8.42 Å². The lowest BCUT2D eigenvalue weighted by atomic mass is 10.1. The molecule has 4 nitrogen and oxygen atoms in total. The first-order chi connectivity index (χ1) is 6.98. The second-order valence-corrected chi connectivity index (χ2v) is 4.60. The van der Waals surface area contributed by atoms with Gasteiger partial charge in [0, 0.05) is 0 Å². The van der Waals surface area contributed by atoms with E-state index in [0.717, 1.165) is 10.8 Å². The molecule has 0 saturated carbocycles. The molecule has 0 aliphatic heterocycles. The molecule has 2 aromatic carbocycles. The Morgan fingerprint density at radius 1 is 1.07 bits per heavy atom. The molecule has 2 rings (SSSR count). The van der Waals surface area contributed by atoms with E-state index >= 15 is 0 Å². The molecule has 0 aliphatic carbocycles. The Morgan fingerprint density at radius 2 is 1.60 bits per heavy atom. The van der Waals surface area contributed by atoms with E-state index in [4.69, 9.17) is 10.3 Å². The fourth-order valence-electron chi connectivity index (χ4n) is 1.46. The van der Waals surface area contributed by atoms with Gasteiger partial charge in [-0.25, -0.2) is 0 Å². The Balaban J connectivity index is 2.84. The van der Waals surface area contributed by atoms with Gasteiger partial charge in [0.15, 0.2) is 0 Å². The van der Waals surface area contributed by atoms with Crippen molar-refractivity contribution >= 4 is 26.6 Å². The minimum absolute atomic E-state index is 0.0520. The highest BCUT2D eigenvalue weighted by Gasteiger charge is 2.14. The van der Waals surface area contributed by atoms with Crippen molar-refractivity contribution in [1.82, 2.24) is 0 Å². The smallest absolute Gasteiger partial charge is 0.296 e. The van der Waals surface area contributed by atoms with Gasteiger partial charge in [0.2, 0.25) is 0 Å². The number of nitrogen functional groups attached to an aromatic ring is 1. The molecule has 5 heteroatoms. The Hall–Kier alpha value is -1.59. The summed E-state index contributed by atoms with van der Waals surface area (Å²) < 4.78 is 30.9. The van der Waals surface area contributed by atoms with E-state index in [1.807, 2.05) is 12.1 Å². The van der Waals surface area contributed by atoms with Crippen LogP contribution in [-0.2, 0) is 10.1 Å². The summed E-state index contributed by atoms with van der Waals surface area (Å²) >= 11 is 0. The molecule has 0 spiro atoms. The third kappa shape index (κ3) is 1.79. The van der Waals surface area contributed by atoms with Gasteiger partial charge >= 0.3 is 0 Å². The highest BCUT2D eigenvalue weighted by atomic mass is 32.2. The molecule has 0 amide bonds. The van der Waals surface area contributed by atoms with Crippen LogP contribution >= 0.6 is 0 Å². The van der Waals surface area contributed by atoms with E-state index in [1.165, 1.54) is 12.1 Å². The molecule has 0 heterocycles. The molecule has 0 unspecified atom stereocenters. The molecule has 78 valence electrons. The Morgan fingerprint density at radius 3 is 2.13 bits per heavy atom. The van der Waals surface area contributed by atoms with Gasteiger partial charge in [0.25, 0.3) is 10.1 Å². The maximum atomic E-state index is 11.0. The molecule has 2 aromatic rings. The molecule has 0 radical (unpaired) electrons. The molecule has 0 fully saturated rings. The first-order valence-electron chi connectivity index (χ1n) is 4.24. The number of fused-ring (bicyclic) bond motifs is 1. The van der Waals surface area contributed by atoms with Gasteiger partial charge in [-0.2, -0.15) is 8.42 Å². The van der Waals surface area contributed by atoms with Crippen molar-refractivity contribution in [2.45, 2.75) is 4.90 Å². The van der Waals surface area contributed by atoms with Crippen molar-refractivity contribution in [3.63, 3.8) is 0 Å². The van der Waals surface area contributed by atoms with Gasteiger partial charge in [-0.05, 0) is 22.9 Å².